The summed E-state index contributed by atoms with van der Waals surface area (Å²) < 4.78 is 0. The SMILES string of the molecule is CCc1ccccc1NC(=O)CCCc1c(-c2ccc3ccccc3n2)[nH]c2ccc(C)cc12. The molecular weight excluding hydrogens is 418 g/mol. The van der Waals surface area contributed by atoms with E-state index in [1.54, 1.807) is 0 Å². The van der Waals surface area contributed by atoms with Crippen LogP contribution in [0.2, 0.25) is 0 Å². The molecule has 2 N–H and O–H groups in total. The van der Waals surface area contributed by atoms with Crippen molar-refractivity contribution in [1.29, 1.82) is 0 Å². The largest absolute Gasteiger partial charge is 0.353 e. The summed E-state index contributed by atoms with van der Waals surface area (Å²) in [6.45, 7) is 4.22. The minimum atomic E-state index is 0.0577. The Morgan fingerprint density at radius 2 is 1.79 bits per heavy atom. The summed E-state index contributed by atoms with van der Waals surface area (Å²) in [5.41, 5.74) is 8.59. The van der Waals surface area contributed by atoms with Crippen LogP contribution in [0.3, 0.4) is 0 Å². The average molecular weight is 448 g/mol. The number of fused-ring (bicyclic) bond motifs is 2. The van der Waals surface area contributed by atoms with Crippen molar-refractivity contribution < 1.29 is 4.79 Å². The number of aromatic nitrogens is 2. The fourth-order valence-electron chi connectivity index (χ4n) is 4.63. The number of aryl methyl sites for hydroxylation is 3. The first-order valence-corrected chi connectivity index (χ1v) is 12.0. The molecule has 0 bridgehead atoms. The van der Waals surface area contributed by atoms with Crippen molar-refractivity contribution >= 4 is 33.4 Å². The Labute approximate surface area is 200 Å². The van der Waals surface area contributed by atoms with Crippen molar-refractivity contribution in [3.05, 3.63) is 95.6 Å². The molecule has 2 heterocycles. The number of carbonyl (C=O) groups excluding carboxylic acids is 1. The Bertz CT molecular complexity index is 1480. The Balaban J connectivity index is 1.40. The van der Waals surface area contributed by atoms with E-state index in [9.17, 15) is 4.79 Å². The third kappa shape index (κ3) is 4.44. The molecule has 0 fully saturated rings. The number of hydrogen-bond acceptors (Lipinski definition) is 2. The summed E-state index contributed by atoms with van der Waals surface area (Å²) in [6.07, 6.45) is 2.94. The van der Waals surface area contributed by atoms with E-state index in [-0.39, 0.29) is 5.91 Å². The molecular formula is C30H29N3O. The summed E-state index contributed by atoms with van der Waals surface area (Å²) in [7, 11) is 0. The van der Waals surface area contributed by atoms with Gasteiger partial charge in [0.1, 0.15) is 0 Å². The molecule has 0 saturated heterocycles. The summed E-state index contributed by atoms with van der Waals surface area (Å²) in [6, 6.07) is 26.9. The highest BCUT2D eigenvalue weighted by atomic mass is 16.1. The maximum atomic E-state index is 12.7. The average Bonchev–Trinajstić information content (AvgIpc) is 3.21. The Morgan fingerprint density at radius 3 is 2.68 bits per heavy atom. The van der Waals surface area contributed by atoms with E-state index in [1.807, 2.05) is 36.4 Å². The lowest BCUT2D eigenvalue weighted by Gasteiger charge is -2.10. The highest BCUT2D eigenvalue weighted by molar-refractivity contribution is 5.93. The molecule has 0 unspecified atom stereocenters. The third-order valence-electron chi connectivity index (χ3n) is 6.42. The number of hydrogen-bond donors (Lipinski definition) is 2. The summed E-state index contributed by atoms with van der Waals surface area (Å²) in [5.74, 6) is 0.0577. The third-order valence-corrected chi connectivity index (χ3v) is 6.42. The van der Waals surface area contributed by atoms with E-state index in [4.69, 9.17) is 4.98 Å². The number of rotatable bonds is 7. The van der Waals surface area contributed by atoms with Crippen LogP contribution in [0.4, 0.5) is 5.69 Å². The molecule has 34 heavy (non-hydrogen) atoms. The van der Waals surface area contributed by atoms with Crippen LogP contribution in [0.1, 0.15) is 36.5 Å². The van der Waals surface area contributed by atoms with Gasteiger partial charge in [-0.1, -0.05) is 61.0 Å². The van der Waals surface area contributed by atoms with Crippen LogP contribution in [-0.4, -0.2) is 15.9 Å². The topological polar surface area (TPSA) is 57.8 Å². The van der Waals surface area contributed by atoms with Gasteiger partial charge in [-0.25, -0.2) is 4.98 Å². The van der Waals surface area contributed by atoms with Crippen LogP contribution >= 0.6 is 0 Å². The first kappa shape index (κ1) is 21.9. The normalized spacial score (nSPS) is 11.2. The Kier molecular flexibility index (Phi) is 6.13. The molecule has 2 aromatic heterocycles. The highest BCUT2D eigenvalue weighted by Gasteiger charge is 2.16. The van der Waals surface area contributed by atoms with E-state index in [0.717, 1.165) is 58.3 Å². The number of pyridine rings is 1. The van der Waals surface area contributed by atoms with Gasteiger partial charge in [-0.2, -0.15) is 0 Å². The number of para-hydroxylation sites is 2. The fourth-order valence-corrected chi connectivity index (χ4v) is 4.63. The maximum Gasteiger partial charge on any atom is 0.224 e. The standard InChI is InChI=1S/C30H29N3O/c1-3-21-9-4-6-12-25(21)32-29(34)14-8-11-23-24-19-20(2)15-17-27(24)33-30(23)28-18-16-22-10-5-7-13-26(22)31-28/h4-7,9-10,12-13,15-19,33H,3,8,11,14H2,1-2H3,(H,32,34). The molecule has 0 saturated carbocycles. The van der Waals surface area contributed by atoms with Gasteiger partial charge in [0.05, 0.1) is 16.9 Å². The molecule has 4 nitrogen and oxygen atoms in total. The first-order chi connectivity index (χ1) is 16.6. The van der Waals surface area contributed by atoms with Crippen LogP contribution in [-0.2, 0) is 17.6 Å². The number of anilines is 1. The molecule has 1 amide bonds. The zero-order valence-electron chi connectivity index (χ0n) is 19.7. The number of amides is 1. The van der Waals surface area contributed by atoms with Gasteiger partial charge in [0, 0.05) is 28.4 Å². The molecule has 0 aliphatic rings. The monoisotopic (exact) mass is 447 g/mol. The number of carbonyl (C=O) groups is 1. The second kappa shape index (κ2) is 9.52. The lowest BCUT2D eigenvalue weighted by atomic mass is 10.0. The van der Waals surface area contributed by atoms with E-state index in [2.05, 4.69) is 66.6 Å². The van der Waals surface area contributed by atoms with Gasteiger partial charge >= 0.3 is 0 Å². The van der Waals surface area contributed by atoms with Gasteiger partial charge in [0.25, 0.3) is 0 Å². The van der Waals surface area contributed by atoms with Gasteiger partial charge in [-0.3, -0.25) is 4.79 Å². The fraction of sp³-hybridized carbons (Fsp3) is 0.200. The summed E-state index contributed by atoms with van der Waals surface area (Å²) in [5, 5.41) is 5.43. The smallest absolute Gasteiger partial charge is 0.224 e. The molecule has 0 aliphatic heterocycles. The summed E-state index contributed by atoms with van der Waals surface area (Å²) in [4.78, 5) is 21.2. The van der Waals surface area contributed by atoms with Crippen LogP contribution < -0.4 is 5.32 Å². The second-order valence-electron chi connectivity index (χ2n) is 8.83. The number of aromatic amines is 1. The van der Waals surface area contributed by atoms with Gasteiger partial charge in [0.15, 0.2) is 0 Å². The number of nitrogens with one attached hydrogen (secondary N) is 2. The highest BCUT2D eigenvalue weighted by Crippen LogP contribution is 2.32. The van der Waals surface area contributed by atoms with Gasteiger partial charge in [-0.05, 0) is 67.6 Å². The van der Waals surface area contributed by atoms with E-state index < -0.39 is 0 Å². The second-order valence-corrected chi connectivity index (χ2v) is 8.83. The van der Waals surface area contributed by atoms with Crippen molar-refractivity contribution in [1.82, 2.24) is 9.97 Å². The van der Waals surface area contributed by atoms with Crippen molar-refractivity contribution in [3.63, 3.8) is 0 Å². The van der Waals surface area contributed by atoms with Gasteiger partial charge in [-0.15, -0.1) is 0 Å². The van der Waals surface area contributed by atoms with Crippen LogP contribution in [0.5, 0.6) is 0 Å². The molecule has 3 aromatic carbocycles. The van der Waals surface area contributed by atoms with Crippen molar-refractivity contribution in [2.45, 2.75) is 39.5 Å². The predicted molar refractivity (Wildman–Crippen MR) is 141 cm³/mol. The minimum absolute atomic E-state index is 0.0577. The lowest BCUT2D eigenvalue weighted by Crippen LogP contribution is -2.12. The van der Waals surface area contributed by atoms with E-state index in [0.29, 0.717) is 6.42 Å². The zero-order valence-corrected chi connectivity index (χ0v) is 19.7. The lowest BCUT2D eigenvalue weighted by molar-refractivity contribution is -0.116. The Morgan fingerprint density at radius 1 is 0.971 bits per heavy atom. The van der Waals surface area contributed by atoms with Gasteiger partial charge < -0.3 is 10.3 Å². The minimum Gasteiger partial charge on any atom is -0.353 e. The van der Waals surface area contributed by atoms with Crippen molar-refractivity contribution in [2.75, 3.05) is 5.32 Å². The quantitative estimate of drug-likeness (QED) is 0.277. The zero-order chi connectivity index (χ0) is 23.5. The Hall–Kier alpha value is -3.92. The van der Waals surface area contributed by atoms with E-state index in [1.165, 1.54) is 16.5 Å². The predicted octanol–water partition coefficient (Wildman–Crippen LogP) is 7.22. The molecule has 5 rings (SSSR count). The number of benzene rings is 3. The number of nitrogens with zero attached hydrogens (tertiary/aromatic N) is 1. The molecule has 5 aromatic rings. The molecule has 0 aliphatic carbocycles. The summed E-state index contributed by atoms with van der Waals surface area (Å²) >= 11 is 0. The molecule has 170 valence electrons. The van der Waals surface area contributed by atoms with Crippen molar-refractivity contribution in [3.8, 4) is 11.4 Å². The van der Waals surface area contributed by atoms with Crippen molar-refractivity contribution in [2.24, 2.45) is 0 Å². The maximum absolute atomic E-state index is 12.7. The first-order valence-electron chi connectivity index (χ1n) is 12.0. The molecule has 4 heteroatoms. The molecule has 0 spiro atoms. The van der Waals surface area contributed by atoms with Crippen LogP contribution in [0.15, 0.2) is 78.9 Å². The van der Waals surface area contributed by atoms with Crippen LogP contribution in [0, 0.1) is 6.92 Å². The number of H-pyrrole nitrogens is 1. The molecule has 0 radical (unpaired) electrons. The van der Waals surface area contributed by atoms with Gasteiger partial charge in [0.2, 0.25) is 5.91 Å². The van der Waals surface area contributed by atoms with Crippen LogP contribution in [0.25, 0.3) is 33.2 Å². The molecule has 0 atom stereocenters. The van der Waals surface area contributed by atoms with E-state index >= 15 is 0 Å².